The average Bonchev–Trinajstić information content (AvgIpc) is 3.08. The molecule has 0 bridgehead atoms. The number of aromatic nitrogens is 4. The summed E-state index contributed by atoms with van der Waals surface area (Å²) >= 11 is 6.76. The Hall–Kier alpha value is -2.77. The quantitative estimate of drug-likeness (QED) is 0.523. The fraction of sp³-hybridized carbons (Fsp3) is 0.318. The Kier molecular flexibility index (Phi) is 4.60. The predicted octanol–water partition coefficient (Wildman–Crippen LogP) is 4.16. The third-order valence-corrected chi connectivity index (χ3v) is 5.91. The average molecular weight is 425 g/mol. The first-order chi connectivity index (χ1) is 14.4. The van der Waals surface area contributed by atoms with Crippen LogP contribution in [0.15, 0.2) is 36.7 Å². The number of pyridine rings is 2. The highest BCUT2D eigenvalue weighted by atomic mass is 35.5. The summed E-state index contributed by atoms with van der Waals surface area (Å²) in [4.78, 5) is 11.5. The van der Waals surface area contributed by atoms with Crippen LogP contribution in [-0.2, 0) is 7.05 Å². The molecule has 154 valence electrons. The van der Waals surface area contributed by atoms with Crippen LogP contribution in [0.25, 0.3) is 33.2 Å². The van der Waals surface area contributed by atoms with Gasteiger partial charge in [0.15, 0.2) is 11.5 Å². The van der Waals surface area contributed by atoms with Crippen LogP contribution in [0.1, 0.15) is 13.8 Å². The highest BCUT2D eigenvalue weighted by Gasteiger charge is 2.24. The second kappa shape index (κ2) is 7.18. The molecule has 6 nitrogen and oxygen atoms in total. The molecule has 0 radical (unpaired) electrons. The summed E-state index contributed by atoms with van der Waals surface area (Å²) in [6.07, 6.45) is 3.58. The second-order valence-corrected chi connectivity index (χ2v) is 8.48. The van der Waals surface area contributed by atoms with Gasteiger partial charge in [-0.15, -0.1) is 0 Å². The van der Waals surface area contributed by atoms with Crippen LogP contribution < -0.4 is 10.2 Å². The van der Waals surface area contributed by atoms with Gasteiger partial charge in [0.25, 0.3) is 0 Å². The molecule has 4 heterocycles. The highest BCUT2D eigenvalue weighted by molar-refractivity contribution is 6.37. The molecule has 3 aromatic heterocycles. The molecule has 1 saturated heterocycles. The normalized spacial score (nSPS) is 19.7. The summed E-state index contributed by atoms with van der Waals surface area (Å²) in [6.45, 7) is 6.06. The van der Waals surface area contributed by atoms with Gasteiger partial charge in [-0.05, 0) is 38.1 Å². The van der Waals surface area contributed by atoms with Crippen LogP contribution in [0.3, 0.4) is 0 Å². The molecule has 0 spiro atoms. The lowest BCUT2D eigenvalue weighted by Crippen LogP contribution is -2.54. The zero-order valence-electron chi connectivity index (χ0n) is 17.0. The van der Waals surface area contributed by atoms with Crippen molar-refractivity contribution in [3.05, 3.63) is 47.5 Å². The number of halogens is 2. The fourth-order valence-electron chi connectivity index (χ4n) is 4.30. The first-order valence-corrected chi connectivity index (χ1v) is 10.4. The van der Waals surface area contributed by atoms with Crippen molar-refractivity contribution in [1.82, 2.24) is 25.1 Å². The van der Waals surface area contributed by atoms with Gasteiger partial charge in [-0.1, -0.05) is 11.6 Å². The van der Waals surface area contributed by atoms with Crippen molar-refractivity contribution in [2.45, 2.75) is 25.9 Å². The minimum atomic E-state index is -0.367. The zero-order valence-corrected chi connectivity index (χ0v) is 17.8. The third kappa shape index (κ3) is 3.28. The minimum Gasteiger partial charge on any atom is -0.366 e. The van der Waals surface area contributed by atoms with E-state index in [4.69, 9.17) is 11.6 Å². The summed E-state index contributed by atoms with van der Waals surface area (Å²) in [5, 5.41) is 9.85. The lowest BCUT2D eigenvalue weighted by atomic mass is 10.1. The van der Waals surface area contributed by atoms with Crippen molar-refractivity contribution in [2.24, 2.45) is 7.05 Å². The molecule has 5 rings (SSSR count). The van der Waals surface area contributed by atoms with Crippen LogP contribution >= 0.6 is 11.6 Å². The van der Waals surface area contributed by atoms with Gasteiger partial charge in [-0.25, -0.2) is 14.4 Å². The van der Waals surface area contributed by atoms with E-state index in [1.54, 1.807) is 24.1 Å². The SMILES string of the molecule is CC1CN(c2cnc3nc(-c4cc(F)c5nn(C)cc5c4)ccc3c2Cl)CC(C)N1. The second-order valence-electron chi connectivity index (χ2n) is 8.10. The maximum atomic E-state index is 14.5. The molecule has 0 amide bonds. The number of benzene rings is 1. The van der Waals surface area contributed by atoms with E-state index in [0.29, 0.717) is 39.5 Å². The lowest BCUT2D eigenvalue weighted by molar-refractivity contribution is 0.407. The van der Waals surface area contributed by atoms with Crippen molar-refractivity contribution in [3.8, 4) is 11.3 Å². The Balaban J connectivity index is 1.56. The van der Waals surface area contributed by atoms with Gasteiger partial charge in [-0.3, -0.25) is 4.68 Å². The fourth-order valence-corrected chi connectivity index (χ4v) is 4.62. The molecular formula is C22H22ClFN6. The number of nitrogens with zero attached hydrogens (tertiary/aromatic N) is 5. The summed E-state index contributed by atoms with van der Waals surface area (Å²) in [7, 11) is 1.77. The molecule has 4 aromatic rings. The van der Waals surface area contributed by atoms with E-state index in [9.17, 15) is 4.39 Å². The summed E-state index contributed by atoms with van der Waals surface area (Å²) < 4.78 is 16.1. The molecule has 30 heavy (non-hydrogen) atoms. The van der Waals surface area contributed by atoms with E-state index >= 15 is 0 Å². The molecule has 0 saturated carbocycles. The number of hydrogen-bond acceptors (Lipinski definition) is 5. The highest BCUT2D eigenvalue weighted by Crippen LogP contribution is 2.34. The lowest BCUT2D eigenvalue weighted by Gasteiger charge is -2.37. The minimum absolute atomic E-state index is 0.354. The summed E-state index contributed by atoms with van der Waals surface area (Å²) in [6, 6.07) is 7.87. The topological polar surface area (TPSA) is 58.9 Å². The number of hydrogen-bond donors (Lipinski definition) is 1. The first-order valence-electron chi connectivity index (χ1n) is 9.98. The Morgan fingerprint density at radius 3 is 2.70 bits per heavy atom. The van der Waals surface area contributed by atoms with Gasteiger partial charge < -0.3 is 10.2 Å². The van der Waals surface area contributed by atoms with Gasteiger partial charge in [-0.2, -0.15) is 5.10 Å². The molecule has 1 fully saturated rings. The smallest absolute Gasteiger partial charge is 0.161 e. The standard InChI is InChI=1S/C22H22ClFN6/c1-12-9-30(10-13(2)26-12)19-8-25-22-16(20(19)23)4-5-18(27-22)14-6-15-11-29(3)28-21(15)17(24)7-14/h4-8,11-13,26H,9-10H2,1-3H3. The Morgan fingerprint density at radius 2 is 1.93 bits per heavy atom. The molecular weight excluding hydrogens is 403 g/mol. The van der Waals surface area contributed by atoms with Crippen molar-refractivity contribution in [1.29, 1.82) is 0 Å². The molecule has 1 aromatic carbocycles. The number of rotatable bonds is 2. The van der Waals surface area contributed by atoms with E-state index in [0.717, 1.165) is 29.5 Å². The largest absolute Gasteiger partial charge is 0.366 e. The van der Waals surface area contributed by atoms with E-state index < -0.39 is 0 Å². The van der Waals surface area contributed by atoms with Crippen LogP contribution in [0.4, 0.5) is 10.1 Å². The van der Waals surface area contributed by atoms with Crippen molar-refractivity contribution >= 4 is 39.2 Å². The molecule has 1 N–H and O–H groups in total. The maximum Gasteiger partial charge on any atom is 0.161 e. The maximum absolute atomic E-state index is 14.5. The predicted molar refractivity (Wildman–Crippen MR) is 118 cm³/mol. The van der Waals surface area contributed by atoms with E-state index in [2.05, 4.69) is 39.1 Å². The van der Waals surface area contributed by atoms with Crippen LogP contribution in [0.5, 0.6) is 0 Å². The first kappa shape index (κ1) is 19.2. The zero-order chi connectivity index (χ0) is 21.0. The Morgan fingerprint density at radius 1 is 1.17 bits per heavy atom. The molecule has 0 aliphatic carbocycles. The van der Waals surface area contributed by atoms with E-state index in [1.807, 2.05) is 18.2 Å². The van der Waals surface area contributed by atoms with Crippen LogP contribution in [0.2, 0.25) is 5.02 Å². The Bertz CT molecular complexity index is 1260. The van der Waals surface area contributed by atoms with Crippen molar-refractivity contribution in [2.75, 3.05) is 18.0 Å². The Labute approximate surface area is 178 Å². The van der Waals surface area contributed by atoms with Crippen LogP contribution in [0, 0.1) is 5.82 Å². The van der Waals surface area contributed by atoms with Crippen molar-refractivity contribution in [3.63, 3.8) is 0 Å². The van der Waals surface area contributed by atoms with E-state index in [1.165, 1.54) is 6.07 Å². The van der Waals surface area contributed by atoms with Gasteiger partial charge >= 0.3 is 0 Å². The van der Waals surface area contributed by atoms with Crippen LogP contribution in [-0.4, -0.2) is 44.9 Å². The molecule has 1 aliphatic rings. The number of piperazine rings is 1. The summed E-state index contributed by atoms with van der Waals surface area (Å²) in [5.74, 6) is -0.367. The monoisotopic (exact) mass is 424 g/mol. The van der Waals surface area contributed by atoms with Gasteiger partial charge in [0.2, 0.25) is 0 Å². The number of fused-ring (bicyclic) bond motifs is 2. The van der Waals surface area contributed by atoms with Crippen molar-refractivity contribution < 1.29 is 4.39 Å². The number of nitrogens with one attached hydrogen (secondary N) is 1. The molecule has 8 heteroatoms. The summed E-state index contributed by atoms with van der Waals surface area (Å²) in [5.41, 5.74) is 3.15. The van der Waals surface area contributed by atoms with Gasteiger partial charge in [0.1, 0.15) is 5.52 Å². The number of anilines is 1. The van der Waals surface area contributed by atoms with Gasteiger partial charge in [0.05, 0.1) is 22.6 Å². The molecule has 2 atom stereocenters. The molecule has 2 unspecified atom stereocenters. The van der Waals surface area contributed by atoms with Gasteiger partial charge in [0, 0.05) is 54.8 Å². The number of aryl methyl sites for hydroxylation is 1. The molecule has 1 aliphatic heterocycles. The third-order valence-electron chi connectivity index (χ3n) is 5.52. The van der Waals surface area contributed by atoms with E-state index in [-0.39, 0.29) is 5.82 Å².